The van der Waals surface area contributed by atoms with Crippen molar-refractivity contribution in [3.63, 3.8) is 0 Å². The highest BCUT2D eigenvalue weighted by molar-refractivity contribution is 7.10. The Hall–Kier alpha value is -3.45. The Kier molecular flexibility index (Phi) is 5.39. The number of benzene rings is 2. The summed E-state index contributed by atoms with van der Waals surface area (Å²) in [5, 5.41) is 16.1. The van der Waals surface area contributed by atoms with Gasteiger partial charge in [0, 0.05) is 30.1 Å². The van der Waals surface area contributed by atoms with E-state index >= 15 is 0 Å². The zero-order valence-corrected chi connectivity index (χ0v) is 16.4. The Morgan fingerprint density at radius 1 is 1.14 bits per heavy atom. The fourth-order valence-electron chi connectivity index (χ4n) is 3.44. The molecule has 1 aromatic heterocycles. The topological polar surface area (TPSA) is 75.5 Å². The summed E-state index contributed by atoms with van der Waals surface area (Å²) in [6.07, 6.45) is 3.79. The highest BCUT2D eigenvalue weighted by Gasteiger charge is 2.20. The van der Waals surface area contributed by atoms with Crippen LogP contribution in [-0.4, -0.2) is 17.4 Å². The molecule has 1 aliphatic rings. The number of nitro benzene ring substituents is 1. The molecule has 2 heterocycles. The average Bonchev–Trinajstić information content (AvgIpc) is 3.20. The molecule has 1 aliphatic heterocycles. The molecule has 0 saturated heterocycles. The maximum absolute atomic E-state index is 12.5. The molecule has 6 nitrogen and oxygen atoms in total. The van der Waals surface area contributed by atoms with E-state index in [1.807, 2.05) is 24.3 Å². The number of nitrogens with one attached hydrogen (secondary N) is 1. The first kappa shape index (κ1) is 18.9. The van der Waals surface area contributed by atoms with Crippen LogP contribution in [0.5, 0.6) is 0 Å². The van der Waals surface area contributed by atoms with Crippen LogP contribution in [0, 0.1) is 10.1 Å². The van der Waals surface area contributed by atoms with Crippen LogP contribution in [0.15, 0.2) is 66.1 Å². The highest BCUT2D eigenvalue weighted by Crippen LogP contribution is 2.32. The van der Waals surface area contributed by atoms with E-state index in [-0.39, 0.29) is 11.6 Å². The predicted molar refractivity (Wildman–Crippen MR) is 116 cm³/mol. The molecule has 1 N–H and O–H groups in total. The van der Waals surface area contributed by atoms with E-state index < -0.39 is 4.92 Å². The van der Waals surface area contributed by atoms with Crippen LogP contribution in [0.1, 0.15) is 16.0 Å². The summed E-state index contributed by atoms with van der Waals surface area (Å²) < 4.78 is 0. The van der Waals surface area contributed by atoms with Crippen molar-refractivity contribution in [3.8, 4) is 0 Å². The standard InChI is InChI=1S/C22H19N3O3S/c26-22(10-9-16-5-1-3-7-19(16)25(27)28)23-18-6-2-4-8-20(18)24-13-11-21-17(15-24)12-14-29-21/h1-10,12,14H,11,13,15H2,(H,23,26)/b10-9+. The lowest BCUT2D eigenvalue weighted by atomic mass is 10.1. The first-order valence-electron chi connectivity index (χ1n) is 9.23. The molecular formula is C22H19N3O3S. The van der Waals surface area contributed by atoms with Crippen molar-refractivity contribution in [3.05, 3.63) is 92.2 Å². The van der Waals surface area contributed by atoms with Gasteiger partial charge in [-0.15, -0.1) is 11.3 Å². The highest BCUT2D eigenvalue weighted by atomic mass is 32.1. The van der Waals surface area contributed by atoms with E-state index in [9.17, 15) is 14.9 Å². The molecule has 0 spiro atoms. The zero-order valence-electron chi connectivity index (χ0n) is 15.6. The van der Waals surface area contributed by atoms with Crippen LogP contribution in [-0.2, 0) is 17.8 Å². The second-order valence-electron chi connectivity index (χ2n) is 6.70. The molecule has 4 rings (SSSR count). The average molecular weight is 405 g/mol. The monoisotopic (exact) mass is 405 g/mol. The van der Waals surface area contributed by atoms with Gasteiger partial charge in [-0.05, 0) is 47.7 Å². The van der Waals surface area contributed by atoms with Gasteiger partial charge in [0.1, 0.15) is 0 Å². The molecule has 3 aromatic rings. The number of fused-ring (bicyclic) bond motifs is 1. The van der Waals surface area contributed by atoms with Gasteiger partial charge < -0.3 is 10.2 Å². The van der Waals surface area contributed by atoms with Crippen molar-refractivity contribution in [2.45, 2.75) is 13.0 Å². The predicted octanol–water partition coefficient (Wildman–Crippen LogP) is 4.87. The van der Waals surface area contributed by atoms with E-state index in [4.69, 9.17) is 0 Å². The summed E-state index contributed by atoms with van der Waals surface area (Å²) in [5.74, 6) is -0.330. The third-order valence-corrected chi connectivity index (χ3v) is 5.88. The van der Waals surface area contributed by atoms with Crippen LogP contribution in [0.3, 0.4) is 0 Å². The smallest absolute Gasteiger partial charge is 0.276 e. The lowest BCUT2D eigenvalue weighted by Crippen LogP contribution is -2.30. The van der Waals surface area contributed by atoms with Gasteiger partial charge in [0.05, 0.1) is 21.9 Å². The third kappa shape index (κ3) is 4.20. The number of amides is 1. The van der Waals surface area contributed by atoms with Crippen LogP contribution in [0.4, 0.5) is 17.1 Å². The minimum Gasteiger partial charge on any atom is -0.365 e. The summed E-state index contributed by atoms with van der Waals surface area (Å²) in [5.41, 5.74) is 3.39. The Morgan fingerprint density at radius 3 is 2.79 bits per heavy atom. The number of thiophene rings is 1. The Balaban J connectivity index is 1.51. The molecule has 1 amide bonds. The molecule has 29 heavy (non-hydrogen) atoms. The summed E-state index contributed by atoms with van der Waals surface area (Å²) in [6, 6.07) is 16.2. The molecule has 0 fully saturated rings. The number of nitro groups is 1. The molecule has 0 bridgehead atoms. The Bertz CT molecular complexity index is 1090. The SMILES string of the molecule is O=C(/C=C/c1ccccc1[N+](=O)[O-])Nc1ccccc1N1CCc2sccc2C1. The van der Waals surface area contributed by atoms with Crippen molar-refractivity contribution < 1.29 is 9.72 Å². The van der Waals surface area contributed by atoms with Crippen molar-refractivity contribution in [1.82, 2.24) is 0 Å². The molecule has 7 heteroatoms. The van der Waals surface area contributed by atoms with Crippen molar-refractivity contribution in [2.75, 3.05) is 16.8 Å². The number of rotatable bonds is 5. The number of carbonyl (C=O) groups excluding carboxylic acids is 1. The lowest BCUT2D eigenvalue weighted by molar-refractivity contribution is -0.385. The van der Waals surface area contributed by atoms with Crippen molar-refractivity contribution in [2.24, 2.45) is 0 Å². The van der Waals surface area contributed by atoms with Gasteiger partial charge in [0.25, 0.3) is 5.69 Å². The fraction of sp³-hybridized carbons (Fsp3) is 0.136. The first-order valence-corrected chi connectivity index (χ1v) is 10.1. The van der Waals surface area contributed by atoms with Gasteiger partial charge in [0.2, 0.25) is 5.91 Å². The van der Waals surface area contributed by atoms with E-state index in [1.165, 1.54) is 28.7 Å². The molecule has 146 valence electrons. The van der Waals surface area contributed by atoms with Crippen LogP contribution in [0.25, 0.3) is 6.08 Å². The quantitative estimate of drug-likeness (QED) is 0.373. The van der Waals surface area contributed by atoms with E-state index in [2.05, 4.69) is 21.7 Å². The maximum Gasteiger partial charge on any atom is 0.276 e. The van der Waals surface area contributed by atoms with Gasteiger partial charge in [-0.3, -0.25) is 14.9 Å². The van der Waals surface area contributed by atoms with Gasteiger partial charge in [-0.1, -0.05) is 24.3 Å². The number of hydrogen-bond acceptors (Lipinski definition) is 5. The summed E-state index contributed by atoms with van der Waals surface area (Å²) in [6.45, 7) is 1.71. The fourth-order valence-corrected chi connectivity index (χ4v) is 4.33. The normalized spacial score (nSPS) is 13.3. The van der Waals surface area contributed by atoms with E-state index in [1.54, 1.807) is 29.5 Å². The van der Waals surface area contributed by atoms with Crippen molar-refractivity contribution >= 4 is 40.4 Å². The van der Waals surface area contributed by atoms with Gasteiger partial charge in [0.15, 0.2) is 0 Å². The Morgan fingerprint density at radius 2 is 1.93 bits per heavy atom. The van der Waals surface area contributed by atoms with Gasteiger partial charge >= 0.3 is 0 Å². The van der Waals surface area contributed by atoms with Crippen LogP contribution >= 0.6 is 11.3 Å². The van der Waals surface area contributed by atoms with Crippen LogP contribution in [0.2, 0.25) is 0 Å². The number of nitrogens with zero attached hydrogens (tertiary/aromatic N) is 2. The summed E-state index contributed by atoms with van der Waals surface area (Å²) >= 11 is 1.79. The minimum atomic E-state index is -0.456. The number of carbonyl (C=O) groups is 1. The Labute approximate surface area is 172 Å². The van der Waals surface area contributed by atoms with E-state index in [0.29, 0.717) is 5.56 Å². The van der Waals surface area contributed by atoms with Gasteiger partial charge in [-0.25, -0.2) is 0 Å². The minimum absolute atomic E-state index is 0.0307. The first-order chi connectivity index (χ1) is 14.1. The van der Waals surface area contributed by atoms with Gasteiger partial charge in [-0.2, -0.15) is 0 Å². The zero-order chi connectivity index (χ0) is 20.2. The molecule has 0 aliphatic carbocycles. The summed E-state index contributed by atoms with van der Waals surface area (Å²) in [7, 11) is 0. The molecule has 0 atom stereocenters. The van der Waals surface area contributed by atoms with Crippen LogP contribution < -0.4 is 10.2 Å². The third-order valence-electron chi connectivity index (χ3n) is 4.86. The second-order valence-corrected chi connectivity index (χ2v) is 7.70. The molecular weight excluding hydrogens is 386 g/mol. The number of para-hydroxylation sites is 3. The summed E-state index contributed by atoms with van der Waals surface area (Å²) in [4.78, 5) is 26.8. The second kappa shape index (κ2) is 8.28. The molecule has 0 radical (unpaired) electrons. The number of hydrogen-bond donors (Lipinski definition) is 1. The maximum atomic E-state index is 12.5. The van der Waals surface area contributed by atoms with Crippen molar-refractivity contribution in [1.29, 1.82) is 0 Å². The molecule has 0 saturated carbocycles. The molecule has 0 unspecified atom stereocenters. The van der Waals surface area contributed by atoms with E-state index in [0.717, 1.165) is 30.9 Å². The number of anilines is 2. The molecule has 2 aromatic carbocycles. The largest absolute Gasteiger partial charge is 0.365 e. The lowest BCUT2D eigenvalue weighted by Gasteiger charge is -2.30.